The Morgan fingerprint density at radius 2 is 1.87 bits per heavy atom. The number of ether oxygens (including phenoxy) is 2. The molecule has 0 spiro atoms. The van der Waals surface area contributed by atoms with Crippen molar-refractivity contribution < 1.29 is 24.1 Å². The van der Waals surface area contributed by atoms with Crippen LogP contribution >= 0.6 is 0 Å². The molecule has 0 bridgehead atoms. The number of fused-ring (bicyclic) bond motifs is 1. The molecule has 3 N–H and O–H groups in total. The molecule has 0 atom stereocenters. The molecule has 1 aliphatic heterocycles. The van der Waals surface area contributed by atoms with Gasteiger partial charge < -0.3 is 19.8 Å². The third kappa shape index (κ3) is 4.73. The first-order valence-electron chi connectivity index (χ1n) is 12.2. The summed E-state index contributed by atoms with van der Waals surface area (Å²) in [5, 5.41) is 2.96. The molecule has 2 aromatic heterocycles. The number of aromatic amines is 1. The highest BCUT2D eigenvalue weighted by Crippen LogP contribution is 2.51. The maximum Gasteiger partial charge on any atom is 0.240 e. The molecule has 4 aromatic rings. The van der Waals surface area contributed by atoms with Crippen LogP contribution in [0.5, 0.6) is 11.5 Å². The van der Waals surface area contributed by atoms with Crippen LogP contribution in [-0.2, 0) is 26.7 Å². The van der Waals surface area contributed by atoms with Crippen LogP contribution in [0.25, 0.3) is 11.3 Å². The second-order valence-corrected chi connectivity index (χ2v) is 11.0. The first-order chi connectivity index (χ1) is 18.4. The normalized spacial score (nSPS) is 15.3. The molecule has 2 aromatic carbocycles. The fraction of sp³-hybridized carbons (Fsp3) is 0.222. The van der Waals surface area contributed by atoms with E-state index in [4.69, 9.17) is 9.47 Å². The zero-order valence-electron chi connectivity index (χ0n) is 20.3. The lowest BCUT2D eigenvalue weighted by atomic mass is 9.94. The molecular weight excluding hydrogens is 506 g/mol. The van der Waals surface area contributed by atoms with Crippen LogP contribution in [0.3, 0.4) is 0 Å². The van der Waals surface area contributed by atoms with Crippen molar-refractivity contribution in [3.05, 3.63) is 84.4 Å². The predicted octanol–water partition coefficient (Wildman–Crippen LogP) is 3.64. The highest BCUT2D eigenvalue weighted by Gasteiger charge is 2.51. The predicted molar refractivity (Wildman–Crippen MR) is 141 cm³/mol. The van der Waals surface area contributed by atoms with Gasteiger partial charge in [-0.2, -0.15) is 0 Å². The number of hydrogen-bond acceptors (Lipinski definition) is 7. The van der Waals surface area contributed by atoms with Gasteiger partial charge in [0.15, 0.2) is 11.5 Å². The molecule has 10 nitrogen and oxygen atoms in total. The summed E-state index contributed by atoms with van der Waals surface area (Å²) in [5.41, 5.74) is 2.48. The van der Waals surface area contributed by atoms with Crippen LogP contribution in [0, 0.1) is 0 Å². The standard InChI is InChI=1S/C27H25N5O5S.H2/c33-26(27(11-12-27)19-6-9-23-24(14-19)37-17-36-23)32-25-3-1-2-22(31-25)18-4-7-21(8-5-18)38(34,35)30-13-10-20-15-28-16-29-20;/h1-9,14-16,30H,10-13,17H2,(H,28,29)(H,31,32,33);1H. The van der Waals surface area contributed by atoms with E-state index in [0.29, 0.717) is 29.4 Å². The Morgan fingerprint density at radius 3 is 2.63 bits per heavy atom. The van der Waals surface area contributed by atoms with Crippen LogP contribution in [-0.4, -0.2) is 42.6 Å². The van der Waals surface area contributed by atoms with Crippen molar-refractivity contribution >= 4 is 21.7 Å². The molecule has 1 saturated carbocycles. The number of H-pyrrole nitrogens is 1. The average molecular weight is 534 g/mol. The van der Waals surface area contributed by atoms with E-state index in [1.165, 1.54) is 0 Å². The summed E-state index contributed by atoms with van der Waals surface area (Å²) in [4.78, 5) is 24.9. The number of hydrogen-bond donors (Lipinski definition) is 3. The maximum absolute atomic E-state index is 13.3. The third-order valence-electron chi connectivity index (χ3n) is 6.80. The number of aromatic nitrogens is 3. The first-order valence-corrected chi connectivity index (χ1v) is 13.7. The van der Waals surface area contributed by atoms with Gasteiger partial charge >= 0.3 is 0 Å². The van der Waals surface area contributed by atoms with Crippen molar-refractivity contribution in [2.45, 2.75) is 29.6 Å². The number of nitrogens with zero attached hydrogens (tertiary/aromatic N) is 2. The number of nitrogens with one attached hydrogen (secondary N) is 3. The summed E-state index contributed by atoms with van der Waals surface area (Å²) >= 11 is 0. The molecule has 2 aliphatic rings. The van der Waals surface area contributed by atoms with Crippen molar-refractivity contribution in [1.29, 1.82) is 0 Å². The van der Waals surface area contributed by atoms with Crippen LogP contribution in [0.2, 0.25) is 0 Å². The second-order valence-electron chi connectivity index (χ2n) is 9.26. The minimum Gasteiger partial charge on any atom is -0.454 e. The number of amides is 1. The van der Waals surface area contributed by atoms with Crippen LogP contribution in [0.4, 0.5) is 5.82 Å². The van der Waals surface area contributed by atoms with Gasteiger partial charge in [-0.15, -0.1) is 0 Å². The average Bonchev–Trinajstić information content (AvgIpc) is 3.33. The number of carbonyl (C=O) groups is 1. The number of pyridine rings is 1. The Bertz CT molecular complexity index is 1590. The molecule has 0 radical (unpaired) electrons. The Balaban J connectivity index is 0.00000308. The van der Waals surface area contributed by atoms with E-state index < -0.39 is 15.4 Å². The summed E-state index contributed by atoms with van der Waals surface area (Å²) in [6.07, 6.45) is 5.21. The highest BCUT2D eigenvalue weighted by atomic mass is 32.2. The number of carbonyl (C=O) groups excluding carboxylic acids is 1. The van der Waals surface area contributed by atoms with Gasteiger partial charge in [-0.1, -0.05) is 24.3 Å². The van der Waals surface area contributed by atoms with Crippen molar-refractivity contribution in [3.63, 3.8) is 0 Å². The van der Waals surface area contributed by atoms with E-state index >= 15 is 0 Å². The molecule has 3 heterocycles. The summed E-state index contributed by atoms with van der Waals surface area (Å²) in [7, 11) is -3.65. The molecule has 1 amide bonds. The summed E-state index contributed by atoms with van der Waals surface area (Å²) in [5.74, 6) is 1.64. The largest absolute Gasteiger partial charge is 0.454 e. The van der Waals surface area contributed by atoms with Gasteiger partial charge in [0.25, 0.3) is 0 Å². The number of anilines is 1. The third-order valence-corrected chi connectivity index (χ3v) is 8.28. The molecular formula is C27H27N5O5S. The van der Waals surface area contributed by atoms with Crippen molar-refractivity contribution in [2.24, 2.45) is 0 Å². The Labute approximate surface area is 221 Å². The molecule has 38 heavy (non-hydrogen) atoms. The number of benzene rings is 2. The zero-order chi connectivity index (χ0) is 26.2. The Hall–Kier alpha value is -4.22. The monoisotopic (exact) mass is 533 g/mol. The Morgan fingerprint density at radius 1 is 1.05 bits per heavy atom. The molecule has 0 unspecified atom stereocenters. The van der Waals surface area contributed by atoms with E-state index in [1.807, 2.05) is 24.3 Å². The fourth-order valence-corrected chi connectivity index (χ4v) is 5.53. The van der Waals surface area contributed by atoms with Crippen LogP contribution in [0.1, 0.15) is 25.5 Å². The lowest BCUT2D eigenvalue weighted by molar-refractivity contribution is -0.118. The summed E-state index contributed by atoms with van der Waals surface area (Å²) in [6, 6.07) is 17.5. The number of rotatable bonds is 9. The van der Waals surface area contributed by atoms with E-state index in [-0.39, 0.29) is 25.6 Å². The zero-order valence-corrected chi connectivity index (χ0v) is 21.1. The lowest BCUT2D eigenvalue weighted by Crippen LogP contribution is -2.28. The second kappa shape index (κ2) is 9.58. The molecule has 1 aliphatic carbocycles. The molecule has 1 fully saturated rings. The first kappa shape index (κ1) is 24.1. The Kier molecular flexibility index (Phi) is 6.09. The van der Waals surface area contributed by atoms with Gasteiger partial charge in [0.05, 0.1) is 22.3 Å². The number of sulfonamides is 1. The molecule has 0 saturated heterocycles. The van der Waals surface area contributed by atoms with E-state index in [1.54, 1.807) is 48.9 Å². The lowest BCUT2D eigenvalue weighted by Gasteiger charge is -2.16. The molecule has 196 valence electrons. The topological polar surface area (TPSA) is 135 Å². The summed E-state index contributed by atoms with van der Waals surface area (Å²) < 4.78 is 38.8. The fourth-order valence-electron chi connectivity index (χ4n) is 4.50. The van der Waals surface area contributed by atoms with Gasteiger partial charge in [0.2, 0.25) is 22.7 Å². The van der Waals surface area contributed by atoms with E-state index in [9.17, 15) is 13.2 Å². The molecule has 6 rings (SSSR count). The van der Waals surface area contributed by atoms with E-state index in [2.05, 4.69) is 25.0 Å². The summed E-state index contributed by atoms with van der Waals surface area (Å²) in [6.45, 7) is 0.438. The van der Waals surface area contributed by atoms with Crippen molar-refractivity contribution in [3.8, 4) is 22.8 Å². The minimum absolute atomic E-state index is 0. The van der Waals surface area contributed by atoms with Gasteiger partial charge in [0.1, 0.15) is 5.82 Å². The molecule has 11 heteroatoms. The van der Waals surface area contributed by atoms with Crippen molar-refractivity contribution in [2.75, 3.05) is 18.7 Å². The minimum atomic E-state index is -3.65. The van der Waals surface area contributed by atoms with Gasteiger partial charge in [-0.05, 0) is 54.8 Å². The van der Waals surface area contributed by atoms with Crippen LogP contribution in [0.15, 0.2) is 78.1 Å². The van der Waals surface area contributed by atoms with Gasteiger partial charge in [0, 0.05) is 31.8 Å². The van der Waals surface area contributed by atoms with Gasteiger partial charge in [-0.3, -0.25) is 4.79 Å². The van der Waals surface area contributed by atoms with Crippen molar-refractivity contribution in [1.82, 2.24) is 19.7 Å². The quantitative estimate of drug-likeness (QED) is 0.299. The van der Waals surface area contributed by atoms with E-state index in [0.717, 1.165) is 29.7 Å². The highest BCUT2D eigenvalue weighted by molar-refractivity contribution is 7.89. The van der Waals surface area contributed by atoms with Crippen LogP contribution < -0.4 is 19.5 Å². The number of imidazole rings is 1. The maximum atomic E-state index is 13.3. The smallest absolute Gasteiger partial charge is 0.240 e. The SMILES string of the molecule is O=C(Nc1cccc(-c2ccc(S(=O)(=O)NCCc3cnc[nH]3)cc2)n1)C1(c2ccc3c(c2)OCO3)CC1.[HH]. The van der Waals surface area contributed by atoms with Gasteiger partial charge in [-0.25, -0.2) is 23.1 Å².